The van der Waals surface area contributed by atoms with Gasteiger partial charge in [0.25, 0.3) is 0 Å². The zero-order chi connectivity index (χ0) is 12.3. The Balaban J connectivity index is 0.00000162. The second-order valence-electron chi connectivity index (χ2n) is 4.93. The van der Waals surface area contributed by atoms with Gasteiger partial charge in [-0.1, -0.05) is 55.9 Å². The molecule has 0 radical (unpaired) electrons. The predicted molar refractivity (Wildman–Crippen MR) is 77.0 cm³/mol. The van der Waals surface area contributed by atoms with E-state index in [-0.39, 0.29) is 24.0 Å². The van der Waals surface area contributed by atoms with Crippen molar-refractivity contribution in [3.63, 3.8) is 0 Å². The molecule has 1 aromatic carbocycles. The molecule has 1 aromatic rings. The Morgan fingerprint density at radius 2 is 1.94 bits per heavy atom. The van der Waals surface area contributed by atoms with E-state index >= 15 is 0 Å². The van der Waals surface area contributed by atoms with Crippen LogP contribution >= 0.6 is 11.8 Å². The zero-order valence-electron chi connectivity index (χ0n) is 11.4. The Kier molecular flexibility index (Phi) is 6.71. The predicted octanol–water partition coefficient (Wildman–Crippen LogP) is 0.435. The lowest BCUT2D eigenvalue weighted by Crippen LogP contribution is -3.00. The van der Waals surface area contributed by atoms with Crippen LogP contribution in [0.5, 0.6) is 0 Å². The summed E-state index contributed by atoms with van der Waals surface area (Å²) in [7, 11) is 0. The van der Waals surface area contributed by atoms with Crippen LogP contribution in [-0.2, 0) is 6.42 Å². The van der Waals surface area contributed by atoms with E-state index in [4.69, 9.17) is 0 Å². The van der Waals surface area contributed by atoms with Gasteiger partial charge in [-0.2, -0.15) is 0 Å². The molecule has 100 valence electrons. The lowest BCUT2D eigenvalue weighted by atomic mass is 10.1. The summed E-state index contributed by atoms with van der Waals surface area (Å²) in [6.07, 6.45) is 1.18. The fourth-order valence-electron chi connectivity index (χ4n) is 2.50. The Bertz CT molecular complexity index is 400. The monoisotopic (exact) mass is 375 g/mol. The normalized spacial score (nSPS) is 19.2. The average Bonchev–Trinajstić information content (AvgIpc) is 2.73. The smallest absolute Gasteiger partial charge is 0.213 e. The van der Waals surface area contributed by atoms with Crippen LogP contribution in [0.1, 0.15) is 26.3 Å². The van der Waals surface area contributed by atoms with Crippen LogP contribution in [0.2, 0.25) is 0 Å². The third-order valence-electron chi connectivity index (χ3n) is 3.30. The standard InChI is InChI=1S/C15H22NS.HI/c1-4-16-14(11-17-15(16)12(2)3)10-13-8-6-5-7-9-13;/h5-9,12,14H,4,10-11H2,1-3H3;1H/q+1;/p-1/t14-;/m0./s1. The molecule has 0 unspecified atom stereocenters. The highest BCUT2D eigenvalue weighted by molar-refractivity contribution is 8.13. The number of hydrogen-bond acceptors (Lipinski definition) is 1. The fraction of sp³-hybridized carbons (Fsp3) is 0.533. The minimum absolute atomic E-state index is 0. The number of thioether (sulfide) groups is 1. The maximum Gasteiger partial charge on any atom is 0.213 e. The summed E-state index contributed by atoms with van der Waals surface area (Å²) in [5.41, 5.74) is 1.46. The van der Waals surface area contributed by atoms with Crippen LogP contribution in [0.25, 0.3) is 0 Å². The summed E-state index contributed by atoms with van der Waals surface area (Å²) in [5.74, 6) is 1.91. The molecule has 1 heterocycles. The lowest BCUT2D eigenvalue weighted by molar-refractivity contribution is -0.553. The van der Waals surface area contributed by atoms with Crippen LogP contribution < -0.4 is 24.0 Å². The quantitative estimate of drug-likeness (QED) is 0.545. The first-order chi connectivity index (χ1) is 8.22. The van der Waals surface area contributed by atoms with Crippen molar-refractivity contribution in [2.45, 2.75) is 33.2 Å². The number of rotatable bonds is 4. The first-order valence-corrected chi connectivity index (χ1v) is 7.51. The maximum atomic E-state index is 2.60. The molecule has 1 aliphatic rings. The number of likely N-dealkylation sites (N-methyl/N-ethyl adjacent to an activating group) is 1. The molecule has 0 saturated heterocycles. The molecule has 1 atom stereocenters. The van der Waals surface area contributed by atoms with Gasteiger partial charge in [0.1, 0.15) is 6.54 Å². The van der Waals surface area contributed by atoms with Crippen molar-refractivity contribution in [1.82, 2.24) is 0 Å². The van der Waals surface area contributed by atoms with Crippen molar-refractivity contribution in [2.24, 2.45) is 5.92 Å². The Labute approximate surface area is 132 Å². The molecule has 0 aliphatic carbocycles. The highest BCUT2D eigenvalue weighted by atomic mass is 127. The largest absolute Gasteiger partial charge is 1.00 e. The van der Waals surface area contributed by atoms with Crippen LogP contribution in [0.4, 0.5) is 0 Å². The van der Waals surface area contributed by atoms with Crippen molar-refractivity contribution in [3.8, 4) is 0 Å². The Morgan fingerprint density at radius 1 is 1.28 bits per heavy atom. The molecule has 0 N–H and O–H groups in total. The zero-order valence-corrected chi connectivity index (χ0v) is 14.4. The van der Waals surface area contributed by atoms with Crippen molar-refractivity contribution < 1.29 is 28.6 Å². The van der Waals surface area contributed by atoms with Crippen molar-refractivity contribution in [3.05, 3.63) is 35.9 Å². The molecule has 1 nitrogen and oxygen atoms in total. The van der Waals surface area contributed by atoms with Gasteiger partial charge in [0.05, 0.1) is 5.75 Å². The summed E-state index contributed by atoms with van der Waals surface area (Å²) in [5, 5.41) is 1.58. The molecule has 0 amide bonds. The van der Waals surface area contributed by atoms with E-state index in [0.29, 0.717) is 12.0 Å². The van der Waals surface area contributed by atoms with Gasteiger partial charge in [-0.3, -0.25) is 0 Å². The van der Waals surface area contributed by atoms with Crippen LogP contribution in [0.3, 0.4) is 0 Å². The molecule has 0 spiro atoms. The average molecular weight is 375 g/mol. The molecule has 3 heteroatoms. The Morgan fingerprint density at radius 3 is 2.50 bits per heavy atom. The van der Waals surface area contributed by atoms with Gasteiger partial charge < -0.3 is 24.0 Å². The molecule has 1 aliphatic heterocycles. The first kappa shape index (κ1) is 16.0. The second-order valence-corrected chi connectivity index (χ2v) is 5.97. The van der Waals surface area contributed by atoms with E-state index in [0.717, 1.165) is 6.54 Å². The van der Waals surface area contributed by atoms with Crippen molar-refractivity contribution >= 4 is 16.8 Å². The number of halogens is 1. The van der Waals surface area contributed by atoms with Crippen LogP contribution in [-0.4, -0.2) is 28.0 Å². The highest BCUT2D eigenvalue weighted by Gasteiger charge is 2.33. The Hall–Kier alpha value is -0.0300. The van der Waals surface area contributed by atoms with Gasteiger partial charge in [-0.15, -0.1) is 0 Å². The number of nitrogens with zero attached hydrogens (tertiary/aromatic N) is 1. The molecule has 18 heavy (non-hydrogen) atoms. The molecule has 0 bridgehead atoms. The first-order valence-electron chi connectivity index (χ1n) is 6.52. The molecule has 0 fully saturated rings. The van der Waals surface area contributed by atoms with Crippen molar-refractivity contribution in [1.29, 1.82) is 0 Å². The lowest BCUT2D eigenvalue weighted by Gasteiger charge is -2.10. The summed E-state index contributed by atoms with van der Waals surface area (Å²) in [6.45, 7) is 8.01. The maximum absolute atomic E-state index is 2.60. The SMILES string of the molecule is CC[N+]1=C(C(C)C)SC[C@@H]1Cc1ccccc1.[I-]. The molecule has 0 aromatic heterocycles. The highest BCUT2D eigenvalue weighted by Crippen LogP contribution is 2.25. The summed E-state index contributed by atoms with van der Waals surface area (Å²) >= 11 is 2.05. The van der Waals surface area contributed by atoms with Gasteiger partial charge in [0.15, 0.2) is 6.04 Å². The second kappa shape index (κ2) is 7.53. The minimum atomic E-state index is 0. The molecule has 0 saturated carbocycles. The van der Waals surface area contributed by atoms with E-state index in [1.807, 2.05) is 0 Å². The molecular formula is C15H22INS. The molecule has 2 rings (SSSR count). The third-order valence-corrected chi connectivity index (χ3v) is 4.85. The number of benzene rings is 1. The minimum Gasteiger partial charge on any atom is -1.00 e. The fourth-order valence-corrected chi connectivity index (χ4v) is 3.94. The summed E-state index contributed by atoms with van der Waals surface area (Å²) in [6, 6.07) is 11.5. The van der Waals surface area contributed by atoms with Crippen LogP contribution in [0.15, 0.2) is 30.3 Å². The summed E-state index contributed by atoms with van der Waals surface area (Å²) < 4.78 is 2.60. The van der Waals surface area contributed by atoms with Gasteiger partial charge in [-0.05, 0) is 12.5 Å². The third kappa shape index (κ3) is 3.73. The van der Waals surface area contributed by atoms with Crippen LogP contribution in [0, 0.1) is 5.92 Å². The van der Waals surface area contributed by atoms with E-state index in [2.05, 4.69) is 67.4 Å². The van der Waals surface area contributed by atoms with Gasteiger partial charge in [0.2, 0.25) is 5.04 Å². The van der Waals surface area contributed by atoms with E-state index < -0.39 is 0 Å². The van der Waals surface area contributed by atoms with E-state index in [1.165, 1.54) is 17.7 Å². The van der Waals surface area contributed by atoms with Gasteiger partial charge >= 0.3 is 0 Å². The van der Waals surface area contributed by atoms with E-state index in [9.17, 15) is 0 Å². The van der Waals surface area contributed by atoms with Crippen molar-refractivity contribution in [2.75, 3.05) is 12.3 Å². The topological polar surface area (TPSA) is 3.01 Å². The number of hydrogen-bond donors (Lipinski definition) is 0. The van der Waals surface area contributed by atoms with E-state index in [1.54, 1.807) is 5.04 Å². The molecular weight excluding hydrogens is 353 g/mol. The van der Waals surface area contributed by atoms with Gasteiger partial charge in [0, 0.05) is 12.3 Å². The summed E-state index contributed by atoms with van der Waals surface area (Å²) in [4.78, 5) is 0. The van der Waals surface area contributed by atoms with Gasteiger partial charge in [-0.25, -0.2) is 4.58 Å².